The number of aryl methyl sites for hydroxylation is 1. The number of hydrogen-bond donors (Lipinski definition) is 1. The molecule has 0 radical (unpaired) electrons. The molecule has 2 aromatic carbocycles. The van der Waals surface area contributed by atoms with Crippen LogP contribution in [0.5, 0.6) is 17.2 Å². The van der Waals surface area contributed by atoms with E-state index < -0.39 is 10.0 Å². The summed E-state index contributed by atoms with van der Waals surface area (Å²) >= 11 is 0. The van der Waals surface area contributed by atoms with Crippen molar-refractivity contribution in [3.05, 3.63) is 47.5 Å². The van der Waals surface area contributed by atoms with E-state index in [2.05, 4.69) is 9.88 Å². The summed E-state index contributed by atoms with van der Waals surface area (Å²) in [6, 6.07) is 10.5. The predicted octanol–water partition coefficient (Wildman–Crippen LogP) is 3.27. The van der Waals surface area contributed by atoms with Gasteiger partial charge >= 0.3 is 0 Å². The van der Waals surface area contributed by atoms with Gasteiger partial charge < -0.3 is 18.7 Å². The highest BCUT2D eigenvalue weighted by Crippen LogP contribution is 2.40. The summed E-state index contributed by atoms with van der Waals surface area (Å²) in [7, 11) is 0.347. The van der Waals surface area contributed by atoms with Crippen LogP contribution in [0.3, 0.4) is 0 Å². The van der Waals surface area contributed by atoms with Crippen LogP contribution in [0.2, 0.25) is 0 Å². The maximum Gasteiger partial charge on any atom is 0.270 e. The molecule has 3 aromatic rings. The second-order valence-corrected chi connectivity index (χ2v) is 8.08. The number of benzene rings is 2. The third-order valence-corrected chi connectivity index (χ3v) is 6.28. The minimum Gasteiger partial charge on any atom is -0.497 e. The molecule has 152 valence electrons. The number of sulfonamides is 1. The number of hydrogen-bond acceptors (Lipinski definition) is 7. The Labute approximate surface area is 168 Å². The molecule has 0 unspecified atom stereocenters. The molecule has 0 spiro atoms. The Bertz CT molecular complexity index is 1150. The van der Waals surface area contributed by atoms with Crippen LogP contribution < -0.4 is 18.9 Å². The molecule has 4 rings (SSSR count). The predicted molar refractivity (Wildman–Crippen MR) is 106 cm³/mol. The average Bonchev–Trinajstić information content (AvgIpc) is 3.15. The number of aromatic nitrogens is 1. The highest BCUT2D eigenvalue weighted by molar-refractivity contribution is 7.93. The first-order valence-corrected chi connectivity index (χ1v) is 10.4. The van der Waals surface area contributed by atoms with Crippen LogP contribution in [0.1, 0.15) is 11.1 Å². The van der Waals surface area contributed by atoms with E-state index in [-0.39, 0.29) is 22.2 Å². The van der Waals surface area contributed by atoms with Crippen molar-refractivity contribution in [2.24, 2.45) is 0 Å². The summed E-state index contributed by atoms with van der Waals surface area (Å²) in [5, 5.41) is 3.99. The van der Waals surface area contributed by atoms with E-state index in [1.54, 1.807) is 25.3 Å². The Hall–Kier alpha value is -3.20. The fourth-order valence-corrected chi connectivity index (χ4v) is 4.81. The second-order valence-electron chi connectivity index (χ2n) is 6.46. The molecule has 0 saturated heterocycles. The van der Waals surface area contributed by atoms with Crippen molar-refractivity contribution < 1.29 is 27.2 Å². The van der Waals surface area contributed by atoms with E-state index in [0.717, 1.165) is 17.5 Å². The van der Waals surface area contributed by atoms with Gasteiger partial charge in [-0.25, -0.2) is 8.42 Å². The fraction of sp³-hybridized carbons (Fsp3) is 0.250. The maximum atomic E-state index is 13.1. The molecule has 29 heavy (non-hydrogen) atoms. The van der Waals surface area contributed by atoms with Crippen LogP contribution >= 0.6 is 0 Å². The Morgan fingerprint density at radius 2 is 1.72 bits per heavy atom. The molecule has 9 heteroatoms. The molecule has 1 aliphatic carbocycles. The normalized spacial score (nSPS) is 12.7. The lowest BCUT2D eigenvalue weighted by Crippen LogP contribution is -2.17. The van der Waals surface area contributed by atoms with Gasteiger partial charge in [0.2, 0.25) is 0 Å². The molecule has 0 amide bonds. The van der Waals surface area contributed by atoms with Gasteiger partial charge in [-0.15, -0.1) is 0 Å². The number of rotatable bonds is 6. The van der Waals surface area contributed by atoms with Crippen LogP contribution in [-0.2, 0) is 22.9 Å². The van der Waals surface area contributed by atoms with Gasteiger partial charge in [-0.1, -0.05) is 17.3 Å². The molecule has 0 bridgehead atoms. The van der Waals surface area contributed by atoms with Crippen molar-refractivity contribution in [3.63, 3.8) is 0 Å². The van der Waals surface area contributed by atoms with Crippen molar-refractivity contribution >= 4 is 15.8 Å². The molecule has 1 aliphatic rings. The maximum absolute atomic E-state index is 13.1. The standard InChI is InChI=1S/C20H20N2O6S/c1-25-13-9-7-12-8-10-14-18(15(12)11-13)28-21-20(14)22-29(23,24)19-16(26-2)5-4-6-17(19)27-3/h4-7,9,11H,8,10H2,1-3H3,(H,21,22). The first kappa shape index (κ1) is 19.1. The summed E-state index contributed by atoms with van der Waals surface area (Å²) < 4.78 is 50.0. The van der Waals surface area contributed by atoms with Gasteiger partial charge in [0, 0.05) is 11.1 Å². The average molecular weight is 416 g/mol. The monoisotopic (exact) mass is 416 g/mol. The lowest BCUT2D eigenvalue weighted by molar-refractivity contribution is 0.373. The van der Waals surface area contributed by atoms with Crippen molar-refractivity contribution in [2.45, 2.75) is 17.7 Å². The highest BCUT2D eigenvalue weighted by atomic mass is 32.2. The SMILES string of the molecule is COc1ccc2c(c1)-c1onc(NS(=O)(=O)c3c(OC)cccc3OC)c1CC2. The Morgan fingerprint density at radius 1 is 1.00 bits per heavy atom. The molecular formula is C20H20N2O6S. The molecule has 1 aromatic heterocycles. The van der Waals surface area contributed by atoms with Crippen molar-refractivity contribution in [3.8, 4) is 28.6 Å². The van der Waals surface area contributed by atoms with Crippen LogP contribution in [0, 0.1) is 0 Å². The van der Waals surface area contributed by atoms with Gasteiger partial charge in [0.25, 0.3) is 10.0 Å². The highest BCUT2D eigenvalue weighted by Gasteiger charge is 2.30. The topological polar surface area (TPSA) is 99.9 Å². The van der Waals surface area contributed by atoms with Gasteiger partial charge in [-0.05, 0) is 42.7 Å². The van der Waals surface area contributed by atoms with Gasteiger partial charge in [-0.2, -0.15) is 0 Å². The number of ether oxygens (including phenoxy) is 3. The van der Waals surface area contributed by atoms with Gasteiger partial charge in [0.1, 0.15) is 17.2 Å². The largest absolute Gasteiger partial charge is 0.497 e. The second kappa shape index (κ2) is 7.32. The number of anilines is 1. The molecule has 1 heterocycles. The lowest BCUT2D eigenvalue weighted by Gasteiger charge is -2.17. The quantitative estimate of drug-likeness (QED) is 0.658. The van der Waals surface area contributed by atoms with Crippen molar-refractivity contribution in [2.75, 3.05) is 26.1 Å². The molecule has 0 atom stereocenters. The summed E-state index contributed by atoms with van der Waals surface area (Å²) in [4.78, 5) is -0.0976. The third kappa shape index (κ3) is 3.27. The van der Waals surface area contributed by atoms with Gasteiger partial charge in [0.05, 0.1) is 21.3 Å². The van der Waals surface area contributed by atoms with Crippen LogP contribution in [0.25, 0.3) is 11.3 Å². The number of nitrogens with one attached hydrogen (secondary N) is 1. The van der Waals surface area contributed by atoms with Gasteiger partial charge in [0.15, 0.2) is 16.5 Å². The molecule has 0 saturated carbocycles. The van der Waals surface area contributed by atoms with E-state index in [9.17, 15) is 8.42 Å². The van der Waals surface area contributed by atoms with E-state index in [4.69, 9.17) is 18.7 Å². The first-order valence-electron chi connectivity index (χ1n) is 8.88. The molecule has 1 N–H and O–H groups in total. The zero-order chi connectivity index (χ0) is 20.6. The fourth-order valence-electron chi connectivity index (χ4n) is 3.46. The van der Waals surface area contributed by atoms with E-state index in [1.165, 1.54) is 14.2 Å². The minimum absolute atomic E-state index is 0.0976. The van der Waals surface area contributed by atoms with E-state index in [0.29, 0.717) is 23.5 Å². The lowest BCUT2D eigenvalue weighted by atomic mass is 9.90. The van der Waals surface area contributed by atoms with Gasteiger partial charge in [-0.3, -0.25) is 4.72 Å². The molecule has 0 aliphatic heterocycles. The van der Waals surface area contributed by atoms with Crippen LogP contribution in [-0.4, -0.2) is 34.9 Å². The number of nitrogens with zero attached hydrogens (tertiary/aromatic N) is 1. The summed E-state index contributed by atoms with van der Waals surface area (Å²) in [6.45, 7) is 0. The Balaban J connectivity index is 1.75. The number of fused-ring (bicyclic) bond motifs is 3. The van der Waals surface area contributed by atoms with E-state index >= 15 is 0 Å². The smallest absolute Gasteiger partial charge is 0.270 e. The summed E-state index contributed by atoms with van der Waals surface area (Å²) in [5.74, 6) is 1.72. The van der Waals surface area contributed by atoms with E-state index in [1.807, 2.05) is 18.2 Å². The zero-order valence-corrected chi connectivity index (χ0v) is 17.0. The zero-order valence-electron chi connectivity index (χ0n) is 16.2. The van der Waals surface area contributed by atoms with Crippen LogP contribution in [0.4, 0.5) is 5.82 Å². The molecule has 8 nitrogen and oxygen atoms in total. The van der Waals surface area contributed by atoms with Crippen molar-refractivity contribution in [1.29, 1.82) is 0 Å². The van der Waals surface area contributed by atoms with Crippen molar-refractivity contribution in [1.82, 2.24) is 5.16 Å². The van der Waals surface area contributed by atoms with Crippen LogP contribution in [0.15, 0.2) is 45.8 Å². The Morgan fingerprint density at radius 3 is 2.38 bits per heavy atom. The minimum atomic E-state index is -4.04. The third-order valence-electron chi connectivity index (χ3n) is 4.88. The summed E-state index contributed by atoms with van der Waals surface area (Å²) in [5.41, 5.74) is 2.64. The Kier molecular flexibility index (Phi) is 4.83. The number of methoxy groups -OCH3 is 3. The molecular weight excluding hydrogens is 396 g/mol. The first-order chi connectivity index (χ1) is 14.0. The summed E-state index contributed by atoms with van der Waals surface area (Å²) in [6.07, 6.45) is 1.33. The molecule has 0 fully saturated rings.